The van der Waals surface area contributed by atoms with Gasteiger partial charge in [-0.15, -0.1) is 0 Å². The lowest BCUT2D eigenvalue weighted by Crippen LogP contribution is -2.10. The topological polar surface area (TPSA) is 42.2 Å². The number of furan rings is 1. The summed E-state index contributed by atoms with van der Waals surface area (Å²) in [5.74, 6) is 6.92. The van der Waals surface area contributed by atoms with Gasteiger partial charge in [0.05, 0.1) is 0 Å². The Labute approximate surface area is 135 Å². The second-order valence-electron chi connectivity index (χ2n) is 5.06. The molecule has 23 heavy (non-hydrogen) atoms. The fraction of sp³-hybridized carbons (Fsp3) is 0.0500. The molecule has 0 saturated carbocycles. The number of rotatable bonds is 2. The summed E-state index contributed by atoms with van der Waals surface area (Å²) in [5, 5.41) is 2.81. The average Bonchev–Trinajstić information content (AvgIpc) is 3.01. The van der Waals surface area contributed by atoms with E-state index in [1.54, 1.807) is 19.1 Å². The molecule has 3 nitrogen and oxygen atoms in total. The van der Waals surface area contributed by atoms with Crippen LogP contribution in [0.3, 0.4) is 0 Å². The Kier molecular flexibility index (Phi) is 4.26. The maximum atomic E-state index is 12.1. The minimum absolute atomic E-state index is 0.272. The fourth-order valence-electron chi connectivity index (χ4n) is 2.09. The molecule has 0 unspecified atom stereocenters. The van der Waals surface area contributed by atoms with Gasteiger partial charge in [-0.1, -0.05) is 36.1 Å². The van der Waals surface area contributed by atoms with Crippen LogP contribution >= 0.6 is 0 Å². The quantitative estimate of drug-likeness (QED) is 0.719. The van der Waals surface area contributed by atoms with Crippen molar-refractivity contribution in [2.45, 2.75) is 6.92 Å². The van der Waals surface area contributed by atoms with Gasteiger partial charge in [0.15, 0.2) is 5.76 Å². The van der Waals surface area contributed by atoms with E-state index >= 15 is 0 Å². The number of benzene rings is 2. The summed E-state index contributed by atoms with van der Waals surface area (Å²) < 4.78 is 5.31. The van der Waals surface area contributed by atoms with E-state index in [2.05, 4.69) is 17.2 Å². The number of hydrogen-bond acceptors (Lipinski definition) is 2. The van der Waals surface area contributed by atoms with Crippen LogP contribution in [0.4, 0.5) is 5.69 Å². The van der Waals surface area contributed by atoms with E-state index < -0.39 is 0 Å². The molecule has 0 atom stereocenters. The molecule has 1 N–H and O–H groups in total. The third-order valence-electron chi connectivity index (χ3n) is 3.21. The van der Waals surface area contributed by atoms with E-state index in [1.165, 1.54) is 0 Å². The highest BCUT2D eigenvalue weighted by molar-refractivity contribution is 6.02. The Balaban J connectivity index is 1.75. The molecular formula is C20H15NO2. The SMILES string of the molecule is Cc1ccc(C(=O)Nc2cccc(C#Cc3ccccc3)c2)o1. The Bertz CT molecular complexity index is 883. The average molecular weight is 301 g/mol. The molecule has 0 radical (unpaired) electrons. The van der Waals surface area contributed by atoms with Crippen molar-refractivity contribution in [1.29, 1.82) is 0 Å². The van der Waals surface area contributed by atoms with Crippen molar-refractivity contribution < 1.29 is 9.21 Å². The summed E-state index contributed by atoms with van der Waals surface area (Å²) >= 11 is 0. The molecule has 3 aromatic rings. The Morgan fingerprint density at radius 1 is 0.913 bits per heavy atom. The van der Waals surface area contributed by atoms with Gasteiger partial charge in [-0.05, 0) is 49.4 Å². The van der Waals surface area contributed by atoms with Crippen molar-refractivity contribution >= 4 is 11.6 Å². The van der Waals surface area contributed by atoms with Crippen LogP contribution in [-0.4, -0.2) is 5.91 Å². The summed E-state index contributed by atoms with van der Waals surface area (Å²) in [5.41, 5.74) is 2.47. The van der Waals surface area contributed by atoms with Crippen LogP contribution in [0.15, 0.2) is 71.1 Å². The van der Waals surface area contributed by atoms with E-state index in [4.69, 9.17) is 4.42 Å². The van der Waals surface area contributed by atoms with Gasteiger partial charge in [0.1, 0.15) is 5.76 Å². The van der Waals surface area contributed by atoms with Crippen molar-refractivity contribution in [1.82, 2.24) is 0 Å². The molecule has 0 spiro atoms. The molecule has 0 aliphatic rings. The maximum absolute atomic E-state index is 12.1. The molecule has 1 heterocycles. The van der Waals surface area contributed by atoms with Gasteiger partial charge in [-0.3, -0.25) is 4.79 Å². The standard InChI is InChI=1S/C20H15NO2/c1-15-10-13-19(23-15)20(22)21-18-9-5-8-17(14-18)12-11-16-6-3-2-4-7-16/h2-10,13-14H,1H3,(H,21,22). The van der Waals surface area contributed by atoms with Crippen LogP contribution in [-0.2, 0) is 0 Å². The lowest BCUT2D eigenvalue weighted by molar-refractivity contribution is 0.0995. The zero-order valence-electron chi connectivity index (χ0n) is 12.7. The van der Waals surface area contributed by atoms with Crippen LogP contribution in [0.2, 0.25) is 0 Å². The van der Waals surface area contributed by atoms with E-state index in [-0.39, 0.29) is 5.91 Å². The minimum atomic E-state index is -0.272. The molecule has 0 bridgehead atoms. The van der Waals surface area contributed by atoms with E-state index in [1.807, 2.05) is 54.6 Å². The normalized spacial score (nSPS) is 9.78. The molecule has 0 fully saturated rings. The molecule has 3 heteroatoms. The molecule has 1 aromatic heterocycles. The zero-order chi connectivity index (χ0) is 16.1. The highest BCUT2D eigenvalue weighted by Crippen LogP contribution is 2.13. The fourth-order valence-corrected chi connectivity index (χ4v) is 2.09. The molecule has 2 aromatic carbocycles. The highest BCUT2D eigenvalue weighted by Gasteiger charge is 2.09. The Morgan fingerprint density at radius 2 is 1.65 bits per heavy atom. The molecule has 1 amide bonds. The highest BCUT2D eigenvalue weighted by atomic mass is 16.3. The first-order chi connectivity index (χ1) is 11.2. The van der Waals surface area contributed by atoms with Crippen molar-refractivity contribution in [2.75, 3.05) is 5.32 Å². The molecule has 112 valence electrons. The van der Waals surface area contributed by atoms with Gasteiger partial charge >= 0.3 is 0 Å². The van der Waals surface area contributed by atoms with Gasteiger partial charge in [-0.2, -0.15) is 0 Å². The zero-order valence-corrected chi connectivity index (χ0v) is 12.7. The lowest BCUT2D eigenvalue weighted by Gasteiger charge is -2.03. The summed E-state index contributed by atoms with van der Waals surface area (Å²) in [6.07, 6.45) is 0. The first kappa shape index (κ1) is 14.7. The van der Waals surface area contributed by atoms with Gasteiger partial charge in [0.2, 0.25) is 0 Å². The van der Waals surface area contributed by atoms with Crippen molar-refractivity contribution in [3.63, 3.8) is 0 Å². The maximum Gasteiger partial charge on any atom is 0.291 e. The third-order valence-corrected chi connectivity index (χ3v) is 3.21. The van der Waals surface area contributed by atoms with E-state index in [0.717, 1.165) is 11.1 Å². The number of nitrogens with one attached hydrogen (secondary N) is 1. The van der Waals surface area contributed by atoms with Crippen LogP contribution in [0.5, 0.6) is 0 Å². The smallest absolute Gasteiger partial charge is 0.291 e. The van der Waals surface area contributed by atoms with Crippen LogP contribution in [0, 0.1) is 18.8 Å². The van der Waals surface area contributed by atoms with Crippen LogP contribution in [0.1, 0.15) is 27.4 Å². The van der Waals surface area contributed by atoms with Gasteiger partial charge in [0, 0.05) is 16.8 Å². The predicted molar refractivity (Wildman–Crippen MR) is 90.3 cm³/mol. The second-order valence-corrected chi connectivity index (χ2v) is 5.06. The molecular weight excluding hydrogens is 286 g/mol. The number of carbonyl (C=O) groups is 1. The molecule has 0 saturated heterocycles. The third kappa shape index (κ3) is 3.90. The van der Waals surface area contributed by atoms with Gasteiger partial charge in [-0.25, -0.2) is 0 Å². The largest absolute Gasteiger partial charge is 0.456 e. The number of hydrogen-bond donors (Lipinski definition) is 1. The summed E-state index contributed by atoms with van der Waals surface area (Å²) in [6, 6.07) is 20.6. The van der Waals surface area contributed by atoms with E-state index in [0.29, 0.717) is 17.2 Å². The molecule has 0 aliphatic heterocycles. The number of aryl methyl sites for hydroxylation is 1. The van der Waals surface area contributed by atoms with Crippen molar-refractivity contribution in [3.8, 4) is 11.8 Å². The van der Waals surface area contributed by atoms with E-state index in [9.17, 15) is 4.79 Å². The van der Waals surface area contributed by atoms with Gasteiger partial charge in [0.25, 0.3) is 5.91 Å². The summed E-state index contributed by atoms with van der Waals surface area (Å²) in [4.78, 5) is 12.1. The van der Waals surface area contributed by atoms with Crippen molar-refractivity contribution in [2.24, 2.45) is 0 Å². The number of carbonyl (C=O) groups excluding carboxylic acids is 1. The van der Waals surface area contributed by atoms with Crippen molar-refractivity contribution in [3.05, 3.63) is 89.4 Å². The first-order valence-corrected chi connectivity index (χ1v) is 7.26. The first-order valence-electron chi connectivity index (χ1n) is 7.26. The lowest BCUT2D eigenvalue weighted by atomic mass is 10.1. The molecule has 0 aliphatic carbocycles. The number of amides is 1. The second kappa shape index (κ2) is 6.67. The Morgan fingerprint density at radius 3 is 2.39 bits per heavy atom. The number of anilines is 1. The monoisotopic (exact) mass is 301 g/mol. The van der Waals surface area contributed by atoms with Crippen LogP contribution < -0.4 is 5.32 Å². The molecule has 3 rings (SSSR count). The summed E-state index contributed by atoms with van der Waals surface area (Å²) in [7, 11) is 0. The summed E-state index contributed by atoms with van der Waals surface area (Å²) in [6.45, 7) is 1.80. The minimum Gasteiger partial charge on any atom is -0.456 e. The van der Waals surface area contributed by atoms with Gasteiger partial charge < -0.3 is 9.73 Å². The Hall–Kier alpha value is -3.25. The van der Waals surface area contributed by atoms with Crippen LogP contribution in [0.25, 0.3) is 0 Å². The predicted octanol–water partition coefficient (Wildman–Crippen LogP) is 4.24.